The van der Waals surface area contributed by atoms with E-state index in [1.165, 1.54) is 21.8 Å². The maximum atomic E-state index is 6.30. The summed E-state index contributed by atoms with van der Waals surface area (Å²) in [5.74, 6) is 2.86. The van der Waals surface area contributed by atoms with Crippen LogP contribution in [0, 0.1) is 0 Å². The summed E-state index contributed by atoms with van der Waals surface area (Å²) in [4.78, 5) is 4.88. The number of ether oxygens (including phenoxy) is 2. The fourth-order valence-electron chi connectivity index (χ4n) is 6.17. The van der Waals surface area contributed by atoms with E-state index in [4.69, 9.17) is 14.5 Å². The van der Waals surface area contributed by atoms with Crippen LogP contribution >= 0.6 is 0 Å². The first-order valence-corrected chi connectivity index (χ1v) is 14.4. The van der Waals surface area contributed by atoms with Crippen molar-refractivity contribution in [3.05, 3.63) is 146 Å². The molecular weight excluding hydrogens is 528 g/mol. The molecule has 0 saturated heterocycles. The van der Waals surface area contributed by atoms with Gasteiger partial charge in [-0.05, 0) is 77.0 Å². The number of hydrogen-bond donors (Lipinski definition) is 0. The number of para-hydroxylation sites is 2. The second kappa shape index (κ2) is 9.33. The van der Waals surface area contributed by atoms with E-state index in [0.29, 0.717) is 11.5 Å². The minimum Gasteiger partial charge on any atom is -0.449 e. The van der Waals surface area contributed by atoms with Gasteiger partial charge < -0.3 is 14.0 Å². The molecule has 202 valence electrons. The molecule has 3 heterocycles. The number of benzene rings is 6. The summed E-state index contributed by atoms with van der Waals surface area (Å²) in [6, 6.07) is 48.2. The lowest BCUT2D eigenvalue weighted by Gasteiger charge is -2.21. The van der Waals surface area contributed by atoms with Gasteiger partial charge in [-0.2, -0.15) is 0 Å². The van der Waals surface area contributed by atoms with Gasteiger partial charge in [0.15, 0.2) is 23.0 Å². The van der Waals surface area contributed by atoms with Crippen molar-refractivity contribution in [1.82, 2.24) is 9.55 Å². The van der Waals surface area contributed by atoms with Gasteiger partial charge in [-0.15, -0.1) is 0 Å². The van der Waals surface area contributed by atoms with Crippen molar-refractivity contribution in [2.24, 2.45) is 0 Å². The number of aromatic nitrogens is 2. The van der Waals surface area contributed by atoms with Gasteiger partial charge in [-0.3, -0.25) is 4.98 Å². The average molecular weight is 553 g/mol. The van der Waals surface area contributed by atoms with E-state index in [-0.39, 0.29) is 0 Å². The summed E-state index contributed by atoms with van der Waals surface area (Å²) in [5.41, 5.74) is 7.58. The number of rotatable bonds is 3. The number of hydrogen-bond acceptors (Lipinski definition) is 3. The van der Waals surface area contributed by atoms with Crippen LogP contribution in [0.4, 0.5) is 0 Å². The summed E-state index contributed by atoms with van der Waals surface area (Å²) < 4.78 is 14.8. The molecule has 6 aromatic carbocycles. The van der Waals surface area contributed by atoms with Crippen LogP contribution in [-0.2, 0) is 0 Å². The Hall–Kier alpha value is -5.87. The molecule has 9 rings (SSSR count). The Morgan fingerprint density at radius 3 is 1.88 bits per heavy atom. The van der Waals surface area contributed by atoms with Gasteiger partial charge in [0, 0.05) is 33.8 Å². The van der Waals surface area contributed by atoms with Crippen molar-refractivity contribution in [3.63, 3.8) is 0 Å². The molecule has 43 heavy (non-hydrogen) atoms. The van der Waals surface area contributed by atoms with Crippen molar-refractivity contribution in [3.8, 4) is 51.1 Å². The van der Waals surface area contributed by atoms with Crippen LogP contribution in [0.25, 0.3) is 60.6 Å². The smallest absolute Gasteiger partial charge is 0.170 e. The van der Waals surface area contributed by atoms with Gasteiger partial charge in [0.1, 0.15) is 0 Å². The highest BCUT2D eigenvalue weighted by Gasteiger charge is 2.20. The molecule has 0 aliphatic carbocycles. The van der Waals surface area contributed by atoms with Crippen LogP contribution < -0.4 is 9.47 Å². The lowest BCUT2D eigenvalue weighted by molar-refractivity contribution is 0.360. The van der Waals surface area contributed by atoms with E-state index < -0.39 is 0 Å². The minimum atomic E-state index is 0.699. The van der Waals surface area contributed by atoms with Crippen LogP contribution in [0.5, 0.6) is 23.0 Å². The van der Waals surface area contributed by atoms with E-state index >= 15 is 0 Å². The second-order valence-corrected chi connectivity index (χ2v) is 10.9. The molecule has 0 radical (unpaired) electrons. The fraction of sp³-hybridized carbons (Fsp3) is 0. The third-order valence-corrected chi connectivity index (χ3v) is 8.28. The summed E-state index contributed by atoms with van der Waals surface area (Å²) in [5, 5.41) is 4.68. The highest BCUT2D eigenvalue weighted by Crippen LogP contribution is 2.48. The normalized spacial score (nSPS) is 12.1. The van der Waals surface area contributed by atoms with Crippen LogP contribution in [0.15, 0.2) is 146 Å². The van der Waals surface area contributed by atoms with Crippen molar-refractivity contribution in [2.75, 3.05) is 0 Å². The van der Waals surface area contributed by atoms with E-state index in [0.717, 1.165) is 50.3 Å². The van der Waals surface area contributed by atoms with Gasteiger partial charge >= 0.3 is 0 Å². The van der Waals surface area contributed by atoms with Crippen molar-refractivity contribution in [2.45, 2.75) is 0 Å². The Kier molecular flexibility index (Phi) is 5.16. The first-order valence-electron chi connectivity index (χ1n) is 14.4. The van der Waals surface area contributed by atoms with Gasteiger partial charge in [-0.1, -0.05) is 78.9 Å². The molecule has 0 fully saturated rings. The van der Waals surface area contributed by atoms with Crippen LogP contribution in [-0.4, -0.2) is 9.55 Å². The van der Waals surface area contributed by atoms with E-state index in [9.17, 15) is 0 Å². The highest BCUT2D eigenvalue weighted by atomic mass is 16.6. The Labute approximate surface area is 248 Å². The first kappa shape index (κ1) is 23.8. The molecule has 4 heteroatoms. The van der Waals surface area contributed by atoms with Crippen LogP contribution in [0.2, 0.25) is 0 Å². The van der Waals surface area contributed by atoms with Crippen molar-refractivity contribution < 1.29 is 9.47 Å². The van der Waals surface area contributed by atoms with E-state index in [1.807, 2.05) is 42.6 Å². The predicted octanol–water partition coefficient (Wildman–Crippen LogP) is 10.6. The number of pyridine rings is 1. The standard InChI is InChI=1S/C39H24N2O2/c1-2-10-30(11-3-1)41-34-13-7-6-12-31(34)32-20-28(15-18-35(32)41)33-17-14-29(24-40-33)27-16-19-36-37(23-27)43-39-22-26-9-5-4-8-25(26)21-38(39)42-36/h1-24H. The topological polar surface area (TPSA) is 36.3 Å². The molecule has 1 aliphatic rings. The molecule has 0 unspecified atom stereocenters. The SMILES string of the molecule is c1ccc(-n2c3ccccc3c3cc(-c4ccc(-c5ccc6c(c5)Oc5cc7ccccc7cc5O6)cn4)ccc32)cc1. The molecule has 0 atom stereocenters. The second-order valence-electron chi connectivity index (χ2n) is 10.9. The molecule has 0 amide bonds. The molecule has 8 aromatic rings. The zero-order chi connectivity index (χ0) is 28.3. The number of fused-ring (bicyclic) bond motifs is 6. The summed E-state index contributed by atoms with van der Waals surface area (Å²) in [7, 11) is 0. The number of nitrogens with zero attached hydrogens (tertiary/aromatic N) is 2. The summed E-state index contributed by atoms with van der Waals surface area (Å²) in [6.45, 7) is 0. The third-order valence-electron chi connectivity index (χ3n) is 8.28. The molecule has 0 N–H and O–H groups in total. The molecule has 2 aromatic heterocycles. The molecule has 0 bridgehead atoms. The van der Waals surface area contributed by atoms with Gasteiger partial charge in [0.2, 0.25) is 0 Å². The van der Waals surface area contributed by atoms with E-state index in [1.54, 1.807) is 0 Å². The zero-order valence-electron chi connectivity index (χ0n) is 23.1. The molecular formula is C39H24N2O2. The van der Waals surface area contributed by atoms with Crippen molar-refractivity contribution >= 4 is 32.6 Å². The zero-order valence-corrected chi connectivity index (χ0v) is 23.1. The molecule has 4 nitrogen and oxygen atoms in total. The molecule has 0 spiro atoms. The van der Waals surface area contributed by atoms with Crippen LogP contribution in [0.3, 0.4) is 0 Å². The Morgan fingerprint density at radius 1 is 0.442 bits per heavy atom. The third kappa shape index (κ3) is 3.88. The summed E-state index contributed by atoms with van der Waals surface area (Å²) in [6.07, 6.45) is 1.93. The summed E-state index contributed by atoms with van der Waals surface area (Å²) >= 11 is 0. The largest absolute Gasteiger partial charge is 0.449 e. The lowest BCUT2D eigenvalue weighted by Crippen LogP contribution is -1.99. The first-order chi connectivity index (χ1) is 21.3. The maximum Gasteiger partial charge on any atom is 0.170 e. The maximum absolute atomic E-state index is 6.30. The van der Waals surface area contributed by atoms with Gasteiger partial charge in [-0.25, -0.2) is 0 Å². The molecule has 0 saturated carbocycles. The van der Waals surface area contributed by atoms with Gasteiger partial charge in [0.05, 0.1) is 16.7 Å². The molecule has 1 aliphatic heterocycles. The fourth-order valence-corrected chi connectivity index (χ4v) is 6.17. The Bertz CT molecular complexity index is 2340. The lowest BCUT2D eigenvalue weighted by atomic mass is 10.0. The average Bonchev–Trinajstić information content (AvgIpc) is 3.40. The Balaban J connectivity index is 1.05. The highest BCUT2D eigenvalue weighted by molar-refractivity contribution is 6.10. The monoisotopic (exact) mass is 552 g/mol. The van der Waals surface area contributed by atoms with Gasteiger partial charge in [0.25, 0.3) is 0 Å². The van der Waals surface area contributed by atoms with Crippen LogP contribution in [0.1, 0.15) is 0 Å². The Morgan fingerprint density at radius 2 is 1.09 bits per heavy atom. The van der Waals surface area contributed by atoms with Crippen molar-refractivity contribution in [1.29, 1.82) is 0 Å². The van der Waals surface area contributed by atoms with E-state index in [2.05, 4.69) is 108 Å². The quantitative estimate of drug-likeness (QED) is 0.219. The minimum absolute atomic E-state index is 0.699. The predicted molar refractivity (Wildman–Crippen MR) is 174 cm³/mol.